The molecule has 5 nitrogen and oxygen atoms in total. The SMILES string of the molecule is O=C([C@@H]1Cc2ccccc2S1)N1CCCN(c2cccnn2)CC1. The van der Waals surface area contributed by atoms with Gasteiger partial charge in [0.1, 0.15) is 0 Å². The third-order valence-corrected chi connectivity index (χ3v) is 5.92. The van der Waals surface area contributed by atoms with E-state index in [-0.39, 0.29) is 11.2 Å². The third kappa shape index (κ3) is 3.11. The van der Waals surface area contributed by atoms with E-state index in [0.717, 1.165) is 44.8 Å². The van der Waals surface area contributed by atoms with Gasteiger partial charge in [-0.3, -0.25) is 4.79 Å². The number of nitrogens with zero attached hydrogens (tertiary/aromatic N) is 4. The molecule has 1 amide bonds. The van der Waals surface area contributed by atoms with Crippen molar-refractivity contribution in [3.63, 3.8) is 0 Å². The number of hydrogen-bond acceptors (Lipinski definition) is 5. The van der Waals surface area contributed by atoms with E-state index >= 15 is 0 Å². The standard InChI is InChI=1S/C18H20N4OS/c23-18(16-13-14-5-1-2-6-15(14)24-16)22-10-4-9-21(11-12-22)17-7-3-8-19-20-17/h1-3,5-8,16H,4,9-13H2/t16-/m0/s1. The minimum atomic E-state index is 0.0328. The van der Waals surface area contributed by atoms with Crippen LogP contribution in [0.25, 0.3) is 0 Å². The second-order valence-electron chi connectivity index (χ2n) is 6.17. The van der Waals surface area contributed by atoms with Gasteiger partial charge in [0, 0.05) is 37.3 Å². The van der Waals surface area contributed by atoms with Crippen LogP contribution in [0.15, 0.2) is 47.5 Å². The van der Waals surface area contributed by atoms with Gasteiger partial charge in [-0.15, -0.1) is 16.9 Å². The van der Waals surface area contributed by atoms with Crippen molar-refractivity contribution in [2.24, 2.45) is 0 Å². The lowest BCUT2D eigenvalue weighted by molar-refractivity contribution is -0.130. The number of hydrogen-bond donors (Lipinski definition) is 0. The molecule has 0 bridgehead atoms. The molecular formula is C18H20N4OS. The van der Waals surface area contributed by atoms with Gasteiger partial charge in [0.15, 0.2) is 5.82 Å². The summed E-state index contributed by atoms with van der Waals surface area (Å²) < 4.78 is 0. The van der Waals surface area contributed by atoms with Crippen LogP contribution in [0.5, 0.6) is 0 Å². The molecule has 0 N–H and O–H groups in total. The van der Waals surface area contributed by atoms with Gasteiger partial charge in [0.05, 0.1) is 5.25 Å². The maximum Gasteiger partial charge on any atom is 0.236 e. The Morgan fingerprint density at radius 3 is 2.83 bits per heavy atom. The molecule has 2 aliphatic rings. The Bertz CT molecular complexity index is 699. The summed E-state index contributed by atoms with van der Waals surface area (Å²) in [5.74, 6) is 1.17. The van der Waals surface area contributed by atoms with Crippen molar-refractivity contribution in [3.8, 4) is 0 Å². The Balaban J connectivity index is 1.40. The highest BCUT2D eigenvalue weighted by atomic mass is 32.2. The molecule has 1 fully saturated rings. The number of carbonyl (C=O) groups excluding carboxylic acids is 1. The van der Waals surface area contributed by atoms with Crippen LogP contribution in [0.3, 0.4) is 0 Å². The molecule has 1 atom stereocenters. The highest BCUT2D eigenvalue weighted by molar-refractivity contribution is 8.01. The molecule has 0 spiro atoms. The van der Waals surface area contributed by atoms with Gasteiger partial charge >= 0.3 is 0 Å². The van der Waals surface area contributed by atoms with Crippen molar-refractivity contribution in [3.05, 3.63) is 48.2 Å². The molecule has 1 aromatic carbocycles. The zero-order chi connectivity index (χ0) is 16.4. The number of anilines is 1. The van der Waals surface area contributed by atoms with Crippen LogP contribution in [0.4, 0.5) is 5.82 Å². The van der Waals surface area contributed by atoms with Crippen molar-refractivity contribution in [1.82, 2.24) is 15.1 Å². The van der Waals surface area contributed by atoms with Crippen molar-refractivity contribution in [2.75, 3.05) is 31.1 Å². The molecule has 3 heterocycles. The van der Waals surface area contributed by atoms with Crippen molar-refractivity contribution in [2.45, 2.75) is 23.0 Å². The maximum atomic E-state index is 12.9. The first-order chi connectivity index (χ1) is 11.8. The van der Waals surface area contributed by atoms with Crippen LogP contribution in [-0.2, 0) is 11.2 Å². The summed E-state index contributed by atoms with van der Waals surface area (Å²) >= 11 is 1.71. The summed E-state index contributed by atoms with van der Waals surface area (Å²) in [6, 6.07) is 12.2. The number of amides is 1. The average Bonchev–Trinajstić information content (AvgIpc) is 2.91. The first kappa shape index (κ1) is 15.4. The van der Waals surface area contributed by atoms with Gasteiger partial charge in [-0.05, 0) is 36.6 Å². The first-order valence-electron chi connectivity index (χ1n) is 8.37. The van der Waals surface area contributed by atoms with Gasteiger partial charge < -0.3 is 9.80 Å². The van der Waals surface area contributed by atoms with E-state index in [1.807, 2.05) is 23.1 Å². The minimum absolute atomic E-state index is 0.0328. The van der Waals surface area contributed by atoms with Crippen molar-refractivity contribution >= 4 is 23.5 Å². The fraction of sp³-hybridized carbons (Fsp3) is 0.389. The number of benzene rings is 1. The normalized spacial score (nSPS) is 20.6. The first-order valence-corrected chi connectivity index (χ1v) is 9.25. The van der Waals surface area contributed by atoms with Crippen LogP contribution in [0.2, 0.25) is 0 Å². The zero-order valence-corrected chi connectivity index (χ0v) is 14.3. The average molecular weight is 340 g/mol. The second-order valence-corrected chi connectivity index (χ2v) is 7.41. The molecule has 4 rings (SSSR count). The summed E-state index contributed by atoms with van der Waals surface area (Å²) in [6.45, 7) is 3.31. The van der Waals surface area contributed by atoms with Crippen LogP contribution in [0.1, 0.15) is 12.0 Å². The molecule has 1 saturated heterocycles. The molecule has 2 aromatic rings. The molecule has 2 aliphatic heterocycles. The predicted molar refractivity (Wildman–Crippen MR) is 95.2 cm³/mol. The summed E-state index contributed by atoms with van der Waals surface area (Å²) in [6.07, 6.45) is 3.50. The molecule has 6 heteroatoms. The number of rotatable bonds is 2. The molecule has 0 radical (unpaired) electrons. The number of fused-ring (bicyclic) bond motifs is 1. The van der Waals surface area contributed by atoms with E-state index in [4.69, 9.17) is 0 Å². The Kier molecular flexibility index (Phi) is 4.38. The predicted octanol–water partition coefficient (Wildman–Crippen LogP) is 2.23. The minimum Gasteiger partial charge on any atom is -0.353 e. The van der Waals surface area contributed by atoms with Crippen LogP contribution in [0, 0.1) is 0 Å². The van der Waals surface area contributed by atoms with E-state index in [9.17, 15) is 4.79 Å². The van der Waals surface area contributed by atoms with Gasteiger partial charge in [0.25, 0.3) is 0 Å². The molecule has 124 valence electrons. The monoisotopic (exact) mass is 340 g/mol. The zero-order valence-electron chi connectivity index (χ0n) is 13.5. The summed E-state index contributed by atoms with van der Waals surface area (Å²) in [7, 11) is 0. The maximum absolute atomic E-state index is 12.9. The van der Waals surface area contributed by atoms with E-state index in [0.29, 0.717) is 0 Å². The van der Waals surface area contributed by atoms with Gasteiger partial charge in [-0.2, -0.15) is 5.10 Å². The van der Waals surface area contributed by atoms with E-state index in [1.165, 1.54) is 10.5 Å². The van der Waals surface area contributed by atoms with E-state index in [2.05, 4.69) is 33.3 Å². The molecule has 0 unspecified atom stereocenters. The highest BCUT2D eigenvalue weighted by Crippen LogP contribution is 2.37. The van der Waals surface area contributed by atoms with Crippen LogP contribution < -0.4 is 4.90 Å². The van der Waals surface area contributed by atoms with Gasteiger partial charge in [0.2, 0.25) is 5.91 Å². The van der Waals surface area contributed by atoms with Crippen LogP contribution >= 0.6 is 11.8 Å². The van der Waals surface area contributed by atoms with Gasteiger partial charge in [-0.1, -0.05) is 18.2 Å². The largest absolute Gasteiger partial charge is 0.353 e. The third-order valence-electron chi connectivity index (χ3n) is 4.61. The van der Waals surface area contributed by atoms with Crippen molar-refractivity contribution in [1.29, 1.82) is 0 Å². The molecule has 0 saturated carbocycles. The summed E-state index contributed by atoms with van der Waals surface area (Å²) in [4.78, 5) is 18.4. The van der Waals surface area contributed by atoms with E-state index < -0.39 is 0 Å². The Morgan fingerprint density at radius 2 is 2.00 bits per heavy atom. The quantitative estimate of drug-likeness (QED) is 0.839. The van der Waals surface area contributed by atoms with Gasteiger partial charge in [-0.25, -0.2) is 0 Å². The topological polar surface area (TPSA) is 49.3 Å². The number of carbonyl (C=O) groups is 1. The highest BCUT2D eigenvalue weighted by Gasteiger charge is 2.32. The Morgan fingerprint density at radius 1 is 1.08 bits per heavy atom. The lowest BCUT2D eigenvalue weighted by Crippen LogP contribution is -2.40. The smallest absolute Gasteiger partial charge is 0.236 e. The molecule has 1 aromatic heterocycles. The lowest BCUT2D eigenvalue weighted by Gasteiger charge is -2.24. The van der Waals surface area contributed by atoms with E-state index in [1.54, 1.807) is 18.0 Å². The number of aromatic nitrogens is 2. The second kappa shape index (κ2) is 6.81. The Hall–Kier alpha value is -2.08. The fourth-order valence-corrected chi connectivity index (χ4v) is 4.63. The summed E-state index contributed by atoms with van der Waals surface area (Å²) in [5, 5.41) is 8.17. The van der Waals surface area contributed by atoms with Crippen LogP contribution in [-0.4, -0.2) is 52.4 Å². The Labute approximate surface area is 146 Å². The van der Waals surface area contributed by atoms with Crippen molar-refractivity contribution < 1.29 is 4.79 Å². The molecule has 24 heavy (non-hydrogen) atoms. The summed E-state index contributed by atoms with van der Waals surface area (Å²) in [5.41, 5.74) is 1.30. The lowest BCUT2D eigenvalue weighted by atomic mass is 10.1. The molecular weight excluding hydrogens is 320 g/mol. The number of thioether (sulfide) groups is 1. The molecule has 0 aliphatic carbocycles. The fourth-order valence-electron chi connectivity index (χ4n) is 3.35.